The molecule has 0 saturated carbocycles. The normalized spacial score (nSPS) is 11.4. The number of nitrogens with one attached hydrogen (secondary N) is 2. The van der Waals surface area contributed by atoms with E-state index in [9.17, 15) is 4.79 Å². The minimum Gasteiger partial charge on any atom is -0.352 e. The van der Waals surface area contributed by atoms with Crippen LogP contribution in [0.5, 0.6) is 0 Å². The van der Waals surface area contributed by atoms with E-state index in [4.69, 9.17) is 0 Å². The Kier molecular flexibility index (Phi) is 2.33. The molecule has 0 bridgehead atoms. The molecule has 0 aliphatic heterocycles. The maximum absolute atomic E-state index is 11.6. The fourth-order valence-electron chi connectivity index (χ4n) is 2.23. The average molecular weight is 291 g/mol. The first-order valence-corrected chi connectivity index (χ1v) is 6.32. The Labute approximate surface area is 106 Å². The van der Waals surface area contributed by atoms with Crippen LogP contribution in [0, 0.1) is 0 Å². The molecule has 86 valence electrons. The van der Waals surface area contributed by atoms with Crippen LogP contribution in [0.25, 0.3) is 21.8 Å². The largest absolute Gasteiger partial charge is 0.352 e. The molecule has 0 saturated heterocycles. The highest BCUT2D eigenvalue weighted by molar-refractivity contribution is 9.10. The van der Waals surface area contributed by atoms with Gasteiger partial charge in [0.05, 0.1) is 11.0 Å². The van der Waals surface area contributed by atoms with Crippen LogP contribution >= 0.6 is 15.9 Å². The van der Waals surface area contributed by atoms with Crippen molar-refractivity contribution in [2.75, 3.05) is 0 Å². The van der Waals surface area contributed by atoms with Crippen molar-refractivity contribution in [1.82, 2.24) is 9.97 Å². The monoisotopic (exact) mass is 290 g/mol. The summed E-state index contributed by atoms with van der Waals surface area (Å²) in [5.74, 6) is 0. The number of hydrogen-bond donors (Lipinski definition) is 2. The highest BCUT2D eigenvalue weighted by Gasteiger charge is 2.10. The van der Waals surface area contributed by atoms with Crippen molar-refractivity contribution in [3.05, 3.63) is 44.8 Å². The maximum atomic E-state index is 11.6. The lowest BCUT2D eigenvalue weighted by molar-refractivity contribution is 1.03. The predicted molar refractivity (Wildman–Crippen MR) is 73.5 cm³/mol. The molecule has 0 radical (unpaired) electrons. The van der Waals surface area contributed by atoms with Gasteiger partial charge >= 0.3 is 0 Å². The van der Waals surface area contributed by atoms with Crippen molar-refractivity contribution in [2.24, 2.45) is 0 Å². The molecule has 0 unspecified atom stereocenters. The fourth-order valence-corrected chi connectivity index (χ4v) is 2.70. The first-order chi connectivity index (χ1) is 8.20. The maximum Gasteiger partial charge on any atom is 0.248 e. The van der Waals surface area contributed by atoms with Gasteiger partial charge in [0, 0.05) is 27.0 Å². The lowest BCUT2D eigenvalue weighted by Crippen LogP contribution is -2.06. The zero-order valence-electron chi connectivity index (χ0n) is 9.30. The molecule has 1 aromatic carbocycles. The van der Waals surface area contributed by atoms with Crippen molar-refractivity contribution < 1.29 is 0 Å². The Balaban J connectivity index is 2.60. The van der Waals surface area contributed by atoms with Crippen LogP contribution in [-0.4, -0.2) is 9.97 Å². The van der Waals surface area contributed by atoms with Gasteiger partial charge < -0.3 is 9.97 Å². The number of H-pyrrole nitrogens is 2. The van der Waals surface area contributed by atoms with E-state index < -0.39 is 0 Å². The van der Waals surface area contributed by atoms with Crippen LogP contribution in [-0.2, 0) is 6.42 Å². The van der Waals surface area contributed by atoms with Gasteiger partial charge in [-0.25, -0.2) is 0 Å². The molecule has 3 nitrogen and oxygen atoms in total. The molecule has 0 fully saturated rings. The molecule has 17 heavy (non-hydrogen) atoms. The molecule has 0 aliphatic rings. The Morgan fingerprint density at radius 3 is 2.76 bits per heavy atom. The zero-order chi connectivity index (χ0) is 12.0. The topological polar surface area (TPSA) is 48.6 Å². The fraction of sp³-hybridized carbons (Fsp3) is 0.154. The van der Waals surface area contributed by atoms with Gasteiger partial charge in [-0.1, -0.05) is 19.1 Å². The molecule has 0 amide bonds. The van der Waals surface area contributed by atoms with Crippen molar-refractivity contribution in [2.45, 2.75) is 13.3 Å². The van der Waals surface area contributed by atoms with Gasteiger partial charge in [0.15, 0.2) is 0 Å². The molecule has 0 spiro atoms. The lowest BCUT2D eigenvalue weighted by Gasteiger charge is -1.98. The van der Waals surface area contributed by atoms with Crippen LogP contribution in [0.15, 0.2) is 33.5 Å². The van der Waals surface area contributed by atoms with Gasteiger partial charge in [0.1, 0.15) is 0 Å². The van der Waals surface area contributed by atoms with Gasteiger partial charge in [-0.2, -0.15) is 0 Å². The molecular formula is C13H11BrN2O. The minimum atomic E-state index is -0.0461. The van der Waals surface area contributed by atoms with Gasteiger partial charge in [0.2, 0.25) is 5.56 Å². The summed E-state index contributed by atoms with van der Waals surface area (Å²) in [4.78, 5) is 17.9. The molecule has 3 rings (SSSR count). The number of aromatic amines is 2. The number of hydrogen-bond acceptors (Lipinski definition) is 1. The van der Waals surface area contributed by atoms with Crippen LogP contribution in [0.2, 0.25) is 0 Å². The summed E-state index contributed by atoms with van der Waals surface area (Å²) in [7, 11) is 0. The van der Waals surface area contributed by atoms with E-state index in [-0.39, 0.29) is 5.56 Å². The molecule has 0 atom stereocenters. The van der Waals surface area contributed by atoms with Crippen LogP contribution in [0.3, 0.4) is 0 Å². The third-order valence-electron chi connectivity index (χ3n) is 3.03. The zero-order valence-corrected chi connectivity index (χ0v) is 10.9. The smallest absolute Gasteiger partial charge is 0.248 e. The second-order valence-corrected chi connectivity index (χ2v) is 4.90. The quantitative estimate of drug-likeness (QED) is 0.710. The average Bonchev–Trinajstić information content (AvgIpc) is 2.68. The van der Waals surface area contributed by atoms with E-state index in [2.05, 4.69) is 25.9 Å². The number of pyridine rings is 1. The van der Waals surface area contributed by atoms with E-state index >= 15 is 0 Å². The molecule has 2 N–H and O–H groups in total. The Morgan fingerprint density at radius 2 is 2.00 bits per heavy atom. The van der Waals surface area contributed by atoms with Gasteiger partial charge in [0.25, 0.3) is 0 Å². The van der Waals surface area contributed by atoms with Crippen LogP contribution < -0.4 is 5.56 Å². The van der Waals surface area contributed by atoms with E-state index in [0.717, 1.165) is 38.4 Å². The van der Waals surface area contributed by atoms with Gasteiger partial charge in [-0.3, -0.25) is 4.79 Å². The molecular weight excluding hydrogens is 280 g/mol. The summed E-state index contributed by atoms with van der Waals surface area (Å²) >= 11 is 3.52. The van der Waals surface area contributed by atoms with E-state index in [0.29, 0.717) is 0 Å². The van der Waals surface area contributed by atoms with E-state index in [1.807, 2.05) is 25.1 Å². The van der Waals surface area contributed by atoms with E-state index in [1.54, 1.807) is 6.07 Å². The molecule has 4 heteroatoms. The highest BCUT2D eigenvalue weighted by atomic mass is 79.9. The number of aromatic nitrogens is 2. The van der Waals surface area contributed by atoms with Crippen LogP contribution in [0.4, 0.5) is 0 Å². The number of halogens is 1. The molecule has 3 aromatic rings. The summed E-state index contributed by atoms with van der Waals surface area (Å²) in [6, 6.07) is 7.65. The summed E-state index contributed by atoms with van der Waals surface area (Å²) in [6.07, 6.45) is 0.803. The molecule has 0 aliphatic carbocycles. The number of aryl methyl sites for hydroxylation is 1. The van der Waals surface area contributed by atoms with Gasteiger partial charge in [-0.05, 0) is 28.4 Å². The summed E-state index contributed by atoms with van der Waals surface area (Å²) in [6.45, 7) is 2.03. The standard InChI is InChI=1S/C13H11BrN2O/c1-2-10-13-8(6-11(17)15-10)7-4-3-5-9(14)12(7)16-13/h3-6,16H,2H2,1H3,(H,15,17). The first kappa shape index (κ1) is 10.6. The summed E-state index contributed by atoms with van der Waals surface area (Å²) < 4.78 is 1.01. The lowest BCUT2D eigenvalue weighted by atomic mass is 10.1. The second kappa shape index (κ2) is 3.74. The SMILES string of the molecule is CCc1[nH]c(=O)cc2c1[nH]c1c(Br)cccc12. The second-order valence-electron chi connectivity index (χ2n) is 4.04. The minimum absolute atomic E-state index is 0.0461. The van der Waals surface area contributed by atoms with E-state index in [1.165, 1.54) is 0 Å². The number of para-hydroxylation sites is 1. The molecule has 2 aromatic heterocycles. The third-order valence-corrected chi connectivity index (χ3v) is 3.69. The number of fused-ring (bicyclic) bond motifs is 3. The first-order valence-electron chi connectivity index (χ1n) is 5.53. The summed E-state index contributed by atoms with van der Waals surface area (Å²) in [5, 5.41) is 2.07. The summed E-state index contributed by atoms with van der Waals surface area (Å²) in [5.41, 5.74) is 2.97. The Morgan fingerprint density at radius 1 is 1.18 bits per heavy atom. The molecule has 2 heterocycles. The van der Waals surface area contributed by atoms with Crippen molar-refractivity contribution in [1.29, 1.82) is 0 Å². The predicted octanol–water partition coefficient (Wildman–Crippen LogP) is 3.33. The Bertz CT molecular complexity index is 770. The van der Waals surface area contributed by atoms with Crippen molar-refractivity contribution in [3.8, 4) is 0 Å². The van der Waals surface area contributed by atoms with Crippen LogP contribution in [0.1, 0.15) is 12.6 Å². The van der Waals surface area contributed by atoms with Crippen molar-refractivity contribution >= 4 is 37.7 Å². The highest BCUT2D eigenvalue weighted by Crippen LogP contribution is 2.30. The number of benzene rings is 1. The third kappa shape index (κ3) is 1.52. The van der Waals surface area contributed by atoms with Crippen molar-refractivity contribution in [3.63, 3.8) is 0 Å². The Hall–Kier alpha value is -1.55. The number of rotatable bonds is 1. The van der Waals surface area contributed by atoms with Gasteiger partial charge in [-0.15, -0.1) is 0 Å².